The summed E-state index contributed by atoms with van der Waals surface area (Å²) in [4.78, 5) is 12.7. The number of hydrogen-bond donors (Lipinski definition) is 4. The molecule has 2 aromatic rings. The average molecular weight is 375 g/mol. The first-order valence-electron chi connectivity index (χ1n) is 8.23. The molecule has 10 nitrogen and oxygen atoms in total. The summed E-state index contributed by atoms with van der Waals surface area (Å²) in [6.45, 7) is 7.04. The number of aliphatic hydroxyl groups is 3. The first kappa shape index (κ1) is 19.0. The minimum Gasteiger partial charge on any atom is -0.468 e. The van der Waals surface area contributed by atoms with Gasteiger partial charge in [0.25, 0.3) is 0 Å². The van der Waals surface area contributed by atoms with Crippen LogP contribution >= 0.6 is 0 Å². The molecule has 1 saturated heterocycles. The van der Waals surface area contributed by atoms with Crippen LogP contribution in [0.15, 0.2) is 50.0 Å². The number of nitrogens with zero attached hydrogens (tertiary/aromatic N) is 4. The van der Waals surface area contributed by atoms with E-state index in [1.165, 1.54) is 23.5 Å². The van der Waals surface area contributed by atoms with Crippen molar-refractivity contribution in [2.24, 2.45) is 0 Å². The molecular formula is C17H21N5O5. The first-order valence-corrected chi connectivity index (χ1v) is 8.23. The first-order chi connectivity index (χ1) is 13.1. The minimum atomic E-state index is -1.23. The Hall–Kier alpha value is -2.79. The summed E-state index contributed by atoms with van der Waals surface area (Å²) in [5, 5.41) is 32.5. The number of fused-ring (bicyclic) bond motifs is 1. The van der Waals surface area contributed by atoms with Gasteiger partial charge in [0.1, 0.15) is 30.4 Å². The SMILES string of the molecule is C=C/C=C(/CNc1ncnc2c1ncn2C1OC(CO)C(O)C1O)OC=C. The van der Waals surface area contributed by atoms with Crippen molar-refractivity contribution >= 4 is 17.0 Å². The van der Waals surface area contributed by atoms with Crippen LogP contribution in [0.1, 0.15) is 6.23 Å². The molecule has 2 aromatic heterocycles. The molecular weight excluding hydrogens is 354 g/mol. The van der Waals surface area contributed by atoms with Gasteiger partial charge in [-0.05, 0) is 6.08 Å². The van der Waals surface area contributed by atoms with Crippen LogP contribution in [0.2, 0.25) is 0 Å². The summed E-state index contributed by atoms with van der Waals surface area (Å²) in [6.07, 6.45) is 3.12. The van der Waals surface area contributed by atoms with E-state index in [0.717, 1.165) is 0 Å². The lowest BCUT2D eigenvalue weighted by atomic mass is 10.1. The number of allylic oxidation sites excluding steroid dienone is 2. The molecule has 1 aliphatic heterocycles. The fraction of sp³-hybridized carbons (Fsp3) is 0.353. The van der Waals surface area contributed by atoms with Crippen LogP contribution in [0.25, 0.3) is 11.2 Å². The molecule has 0 aromatic carbocycles. The van der Waals surface area contributed by atoms with Crippen molar-refractivity contribution in [3.05, 3.63) is 50.0 Å². The molecule has 0 spiro atoms. The van der Waals surface area contributed by atoms with Gasteiger partial charge >= 0.3 is 0 Å². The van der Waals surface area contributed by atoms with Gasteiger partial charge in [-0.2, -0.15) is 0 Å². The summed E-state index contributed by atoms with van der Waals surface area (Å²) >= 11 is 0. The van der Waals surface area contributed by atoms with E-state index in [0.29, 0.717) is 29.3 Å². The zero-order valence-corrected chi connectivity index (χ0v) is 14.5. The van der Waals surface area contributed by atoms with Gasteiger partial charge in [-0.15, -0.1) is 0 Å². The summed E-state index contributed by atoms with van der Waals surface area (Å²) in [6, 6.07) is 0. The highest BCUT2D eigenvalue weighted by molar-refractivity contribution is 5.82. The third-order valence-corrected chi connectivity index (χ3v) is 4.12. The average Bonchev–Trinajstić information content (AvgIpc) is 3.22. The molecule has 4 atom stereocenters. The number of hydrogen-bond acceptors (Lipinski definition) is 9. The highest BCUT2D eigenvalue weighted by Gasteiger charge is 2.44. The second-order valence-corrected chi connectivity index (χ2v) is 5.78. The van der Waals surface area contributed by atoms with Crippen molar-refractivity contribution in [1.82, 2.24) is 19.5 Å². The van der Waals surface area contributed by atoms with Gasteiger partial charge in [-0.3, -0.25) is 4.57 Å². The number of ether oxygens (including phenoxy) is 2. The third-order valence-electron chi connectivity index (χ3n) is 4.12. The standard InChI is InChI=1S/C17H21N5O5/c1-3-5-10(26-4-2)6-18-15-12-16(20-8-19-15)22(9-21-12)17-14(25)13(24)11(7-23)27-17/h3-5,8-9,11,13-14,17,23-25H,1-2,6-7H2,(H,18,19,20)/b10-5-. The molecule has 3 rings (SSSR count). The van der Waals surface area contributed by atoms with Gasteiger partial charge in [0, 0.05) is 0 Å². The zero-order valence-electron chi connectivity index (χ0n) is 14.5. The lowest BCUT2D eigenvalue weighted by Crippen LogP contribution is -2.33. The second-order valence-electron chi connectivity index (χ2n) is 5.78. The van der Waals surface area contributed by atoms with E-state index in [-0.39, 0.29) is 0 Å². The summed E-state index contributed by atoms with van der Waals surface area (Å²) in [7, 11) is 0. The molecule has 0 saturated carbocycles. The van der Waals surface area contributed by atoms with E-state index in [2.05, 4.69) is 33.4 Å². The topological polar surface area (TPSA) is 135 Å². The van der Waals surface area contributed by atoms with Crippen molar-refractivity contribution in [2.75, 3.05) is 18.5 Å². The maximum absolute atomic E-state index is 10.2. The van der Waals surface area contributed by atoms with Gasteiger partial charge in [0.2, 0.25) is 0 Å². The fourth-order valence-corrected chi connectivity index (χ4v) is 2.83. The van der Waals surface area contributed by atoms with E-state index in [4.69, 9.17) is 9.47 Å². The Morgan fingerprint density at radius 1 is 1.30 bits per heavy atom. The highest BCUT2D eigenvalue weighted by atomic mass is 16.6. The lowest BCUT2D eigenvalue weighted by molar-refractivity contribution is -0.0511. The van der Waals surface area contributed by atoms with Crippen LogP contribution in [-0.2, 0) is 9.47 Å². The zero-order chi connectivity index (χ0) is 19.4. The van der Waals surface area contributed by atoms with Crippen LogP contribution in [0.5, 0.6) is 0 Å². The molecule has 144 valence electrons. The van der Waals surface area contributed by atoms with Crippen molar-refractivity contribution in [3.63, 3.8) is 0 Å². The van der Waals surface area contributed by atoms with Crippen molar-refractivity contribution in [3.8, 4) is 0 Å². The number of rotatable bonds is 8. The highest BCUT2D eigenvalue weighted by Crippen LogP contribution is 2.32. The van der Waals surface area contributed by atoms with Crippen LogP contribution in [0.3, 0.4) is 0 Å². The molecule has 1 fully saturated rings. The molecule has 3 heterocycles. The fourth-order valence-electron chi connectivity index (χ4n) is 2.83. The maximum Gasteiger partial charge on any atom is 0.167 e. The number of aromatic nitrogens is 4. The maximum atomic E-state index is 10.2. The number of imidazole rings is 1. The molecule has 0 amide bonds. The molecule has 27 heavy (non-hydrogen) atoms. The summed E-state index contributed by atoms with van der Waals surface area (Å²) in [5.41, 5.74) is 0.855. The van der Waals surface area contributed by atoms with Crippen molar-refractivity contribution in [1.29, 1.82) is 0 Å². The van der Waals surface area contributed by atoms with Crippen molar-refractivity contribution in [2.45, 2.75) is 24.5 Å². The molecule has 0 aliphatic carbocycles. The van der Waals surface area contributed by atoms with E-state index >= 15 is 0 Å². The van der Waals surface area contributed by atoms with Crippen LogP contribution in [0.4, 0.5) is 5.82 Å². The van der Waals surface area contributed by atoms with Crippen LogP contribution in [-0.4, -0.2) is 66.3 Å². The van der Waals surface area contributed by atoms with E-state index in [1.807, 2.05) is 0 Å². The largest absolute Gasteiger partial charge is 0.468 e. The smallest absolute Gasteiger partial charge is 0.167 e. The van der Waals surface area contributed by atoms with E-state index in [1.54, 1.807) is 12.2 Å². The third kappa shape index (κ3) is 3.69. The predicted molar refractivity (Wildman–Crippen MR) is 96.4 cm³/mol. The van der Waals surface area contributed by atoms with Gasteiger partial charge in [0.05, 0.1) is 25.7 Å². The molecule has 4 unspecified atom stereocenters. The van der Waals surface area contributed by atoms with E-state index in [9.17, 15) is 15.3 Å². The Labute approximate surface area is 155 Å². The monoisotopic (exact) mass is 375 g/mol. The Balaban J connectivity index is 1.86. The molecule has 0 bridgehead atoms. The molecule has 4 N–H and O–H groups in total. The second kappa shape index (κ2) is 8.27. The number of anilines is 1. The quantitative estimate of drug-likeness (QED) is 0.374. The van der Waals surface area contributed by atoms with E-state index < -0.39 is 31.1 Å². The Bertz CT molecular complexity index is 851. The number of nitrogens with one attached hydrogen (secondary N) is 1. The summed E-state index contributed by atoms with van der Waals surface area (Å²) in [5.74, 6) is 1.03. The predicted octanol–water partition coefficient (Wildman–Crippen LogP) is 0.0797. The van der Waals surface area contributed by atoms with Gasteiger partial charge < -0.3 is 30.1 Å². The van der Waals surface area contributed by atoms with Crippen LogP contribution in [0, 0.1) is 0 Å². The number of aliphatic hydroxyl groups excluding tert-OH is 3. The van der Waals surface area contributed by atoms with Crippen LogP contribution < -0.4 is 5.32 Å². The Morgan fingerprint density at radius 2 is 2.11 bits per heavy atom. The minimum absolute atomic E-state index is 0.310. The van der Waals surface area contributed by atoms with Gasteiger partial charge in [-0.1, -0.05) is 19.2 Å². The summed E-state index contributed by atoms with van der Waals surface area (Å²) < 4.78 is 12.3. The normalized spacial score (nSPS) is 25.5. The van der Waals surface area contributed by atoms with Gasteiger partial charge in [-0.25, -0.2) is 15.0 Å². The molecule has 10 heteroatoms. The lowest BCUT2D eigenvalue weighted by Gasteiger charge is -2.16. The Kier molecular flexibility index (Phi) is 5.81. The molecule has 0 radical (unpaired) electrons. The molecule has 1 aliphatic rings. The van der Waals surface area contributed by atoms with Gasteiger partial charge in [0.15, 0.2) is 23.2 Å². The van der Waals surface area contributed by atoms with Crippen molar-refractivity contribution < 1.29 is 24.8 Å². The Morgan fingerprint density at radius 3 is 2.78 bits per heavy atom.